The second-order valence-corrected chi connectivity index (χ2v) is 11.9. The third-order valence-corrected chi connectivity index (χ3v) is 10.1. The molecule has 0 unspecified atom stereocenters. The van der Waals surface area contributed by atoms with Crippen LogP contribution >= 0.6 is 0 Å². The Morgan fingerprint density at radius 2 is 1.62 bits per heavy atom. The lowest BCUT2D eigenvalue weighted by Gasteiger charge is -2.56. The summed E-state index contributed by atoms with van der Waals surface area (Å²) in [5, 5.41) is 6.83. The molecule has 5 aliphatic rings. The van der Waals surface area contributed by atoms with Gasteiger partial charge in [0.05, 0.1) is 16.8 Å². The monoisotopic (exact) mass is 420 g/mol. The molecule has 4 saturated carbocycles. The van der Waals surface area contributed by atoms with E-state index < -0.39 is 10.0 Å². The third kappa shape index (κ3) is 3.14. The first-order valence-electron chi connectivity index (χ1n) is 11.1. The van der Waals surface area contributed by atoms with E-state index in [9.17, 15) is 13.2 Å². The lowest BCUT2D eigenvalue weighted by molar-refractivity contribution is -0.157. The number of amides is 1. The Hall–Kier alpha value is -1.41. The highest BCUT2D eigenvalue weighted by molar-refractivity contribution is 7.89. The number of carbonyl (C=O) groups excluding carboxylic acids is 1. The molecule has 1 amide bonds. The zero-order chi connectivity index (χ0) is 20.4. The van der Waals surface area contributed by atoms with Gasteiger partial charge in [0, 0.05) is 26.2 Å². The van der Waals surface area contributed by atoms with Gasteiger partial charge in [-0.15, -0.1) is 0 Å². The molecule has 7 nitrogen and oxygen atoms in total. The van der Waals surface area contributed by atoms with E-state index in [1.54, 1.807) is 18.2 Å². The van der Waals surface area contributed by atoms with Crippen molar-refractivity contribution in [3.8, 4) is 0 Å². The van der Waals surface area contributed by atoms with E-state index in [-0.39, 0.29) is 5.41 Å². The molecule has 1 saturated heterocycles. The maximum Gasteiger partial charge on any atom is 0.246 e. The smallest absolute Gasteiger partial charge is 0.246 e. The second kappa shape index (κ2) is 6.80. The fraction of sp³-hybridized carbons (Fsp3) is 0.810. The van der Waals surface area contributed by atoms with Gasteiger partial charge in [0.15, 0.2) is 0 Å². The molecule has 1 aliphatic heterocycles. The molecule has 0 aromatic carbocycles. The SMILES string of the molecule is Cc1n[nH]c(C)c1S(=O)(=O)N1CCCN(C(=O)C23CC4CC(CC(C4)C2)C3)CC1. The largest absolute Gasteiger partial charge is 0.341 e. The summed E-state index contributed by atoms with van der Waals surface area (Å²) in [6, 6.07) is 0. The van der Waals surface area contributed by atoms with E-state index >= 15 is 0 Å². The van der Waals surface area contributed by atoms with Crippen LogP contribution in [0.25, 0.3) is 0 Å². The lowest BCUT2D eigenvalue weighted by Crippen LogP contribution is -2.55. The minimum Gasteiger partial charge on any atom is -0.341 e. The molecular weight excluding hydrogens is 388 g/mol. The number of carbonyl (C=O) groups is 1. The zero-order valence-electron chi connectivity index (χ0n) is 17.5. The zero-order valence-corrected chi connectivity index (χ0v) is 18.3. The van der Waals surface area contributed by atoms with Crippen LogP contribution in [0.3, 0.4) is 0 Å². The highest BCUT2D eigenvalue weighted by atomic mass is 32.2. The summed E-state index contributed by atoms with van der Waals surface area (Å²) in [5.74, 6) is 2.52. The van der Waals surface area contributed by atoms with Crippen molar-refractivity contribution in [3.05, 3.63) is 11.4 Å². The van der Waals surface area contributed by atoms with E-state index in [2.05, 4.69) is 10.2 Å². The van der Waals surface area contributed by atoms with Crippen LogP contribution < -0.4 is 0 Å². The summed E-state index contributed by atoms with van der Waals surface area (Å²) in [6.45, 7) is 5.44. The molecule has 0 spiro atoms. The molecule has 2 heterocycles. The van der Waals surface area contributed by atoms with Crippen molar-refractivity contribution in [3.63, 3.8) is 0 Å². The minimum atomic E-state index is -3.60. The van der Waals surface area contributed by atoms with Crippen LogP contribution in [-0.2, 0) is 14.8 Å². The quantitative estimate of drug-likeness (QED) is 0.814. The molecule has 160 valence electrons. The molecule has 1 aromatic rings. The standard InChI is InChI=1S/C21H32N4O3S/c1-14-19(15(2)23-22-14)29(27,28)25-5-3-4-24(6-7-25)20(26)21-11-16-8-17(12-21)10-18(9-16)13-21/h16-18H,3-13H2,1-2H3,(H,22,23). The fourth-order valence-electron chi connectivity index (χ4n) is 7.10. The lowest BCUT2D eigenvalue weighted by atomic mass is 9.49. The summed E-state index contributed by atoms with van der Waals surface area (Å²) in [7, 11) is -3.60. The highest BCUT2D eigenvalue weighted by Crippen LogP contribution is 2.60. The maximum absolute atomic E-state index is 13.6. The van der Waals surface area contributed by atoms with Crippen LogP contribution in [0.5, 0.6) is 0 Å². The molecule has 1 N–H and O–H groups in total. The molecule has 1 aromatic heterocycles. The number of hydrogen-bond acceptors (Lipinski definition) is 4. The molecule has 0 atom stereocenters. The number of nitrogens with zero attached hydrogens (tertiary/aromatic N) is 3. The Balaban J connectivity index is 1.32. The summed E-state index contributed by atoms with van der Waals surface area (Å²) in [5.41, 5.74) is 0.932. The van der Waals surface area contributed by atoms with Gasteiger partial charge < -0.3 is 4.90 Å². The van der Waals surface area contributed by atoms with Crippen molar-refractivity contribution in [2.75, 3.05) is 26.2 Å². The normalized spacial score (nSPS) is 35.1. The van der Waals surface area contributed by atoms with Gasteiger partial charge in [-0.2, -0.15) is 9.40 Å². The number of aromatic nitrogens is 2. The molecule has 8 heteroatoms. The average Bonchev–Trinajstić information content (AvgIpc) is 2.86. The number of sulfonamides is 1. The number of nitrogens with one attached hydrogen (secondary N) is 1. The Kier molecular flexibility index (Phi) is 4.59. The molecule has 5 fully saturated rings. The first kappa shape index (κ1) is 19.5. The van der Waals surface area contributed by atoms with Crippen LogP contribution in [0.2, 0.25) is 0 Å². The first-order valence-corrected chi connectivity index (χ1v) is 12.5. The summed E-state index contributed by atoms with van der Waals surface area (Å²) in [4.78, 5) is 15.9. The molecule has 0 radical (unpaired) electrons. The molecular formula is C21H32N4O3S. The molecule has 29 heavy (non-hydrogen) atoms. The van der Waals surface area contributed by atoms with Crippen LogP contribution in [-0.4, -0.2) is 59.9 Å². The Morgan fingerprint density at radius 1 is 1.00 bits per heavy atom. The summed E-state index contributed by atoms with van der Waals surface area (Å²) >= 11 is 0. The van der Waals surface area contributed by atoms with E-state index in [4.69, 9.17) is 0 Å². The van der Waals surface area contributed by atoms with Crippen LogP contribution in [0.15, 0.2) is 4.90 Å². The van der Waals surface area contributed by atoms with E-state index in [0.717, 1.165) is 37.0 Å². The Bertz CT molecular complexity index is 868. The van der Waals surface area contributed by atoms with E-state index in [0.29, 0.717) is 54.8 Å². The van der Waals surface area contributed by atoms with Crippen molar-refractivity contribution >= 4 is 15.9 Å². The number of H-pyrrole nitrogens is 1. The number of aryl methyl sites for hydroxylation is 2. The van der Waals surface area contributed by atoms with Gasteiger partial charge in [-0.05, 0) is 76.5 Å². The van der Waals surface area contributed by atoms with E-state index in [1.165, 1.54) is 19.3 Å². The number of aromatic amines is 1. The van der Waals surface area contributed by atoms with Gasteiger partial charge in [-0.25, -0.2) is 8.42 Å². The fourth-order valence-corrected chi connectivity index (χ4v) is 8.90. The van der Waals surface area contributed by atoms with Crippen molar-refractivity contribution in [2.45, 2.75) is 63.7 Å². The topological polar surface area (TPSA) is 86.4 Å². The Morgan fingerprint density at radius 3 is 2.17 bits per heavy atom. The van der Waals surface area contributed by atoms with Crippen LogP contribution in [0.4, 0.5) is 0 Å². The van der Waals surface area contributed by atoms with Crippen molar-refractivity contribution in [1.29, 1.82) is 0 Å². The van der Waals surface area contributed by atoms with Gasteiger partial charge in [0.2, 0.25) is 15.9 Å². The Labute approximate surface area is 173 Å². The van der Waals surface area contributed by atoms with Gasteiger partial charge in [-0.1, -0.05) is 0 Å². The predicted octanol–water partition coefficient (Wildman–Crippen LogP) is 2.47. The van der Waals surface area contributed by atoms with Crippen molar-refractivity contribution in [1.82, 2.24) is 19.4 Å². The highest BCUT2D eigenvalue weighted by Gasteiger charge is 2.55. The third-order valence-electron chi connectivity index (χ3n) is 7.89. The van der Waals surface area contributed by atoms with Crippen LogP contribution in [0, 0.1) is 37.0 Å². The second-order valence-electron chi connectivity index (χ2n) is 10.0. The minimum absolute atomic E-state index is 0.152. The van der Waals surface area contributed by atoms with Gasteiger partial charge >= 0.3 is 0 Å². The van der Waals surface area contributed by atoms with Crippen molar-refractivity contribution < 1.29 is 13.2 Å². The number of hydrogen-bond donors (Lipinski definition) is 1. The van der Waals surface area contributed by atoms with Gasteiger partial charge in [0.25, 0.3) is 0 Å². The maximum atomic E-state index is 13.6. The predicted molar refractivity (Wildman–Crippen MR) is 109 cm³/mol. The number of rotatable bonds is 3. The van der Waals surface area contributed by atoms with Gasteiger partial charge in [0.1, 0.15) is 4.90 Å². The van der Waals surface area contributed by atoms with Crippen molar-refractivity contribution in [2.24, 2.45) is 23.2 Å². The molecule has 4 aliphatic carbocycles. The first-order chi connectivity index (χ1) is 13.8. The average molecular weight is 421 g/mol. The summed E-state index contributed by atoms with van der Waals surface area (Å²) < 4.78 is 28.0. The van der Waals surface area contributed by atoms with Crippen LogP contribution in [0.1, 0.15) is 56.3 Å². The molecule has 6 rings (SSSR count). The van der Waals surface area contributed by atoms with Gasteiger partial charge in [-0.3, -0.25) is 9.89 Å². The van der Waals surface area contributed by atoms with E-state index in [1.807, 2.05) is 4.90 Å². The summed E-state index contributed by atoms with van der Waals surface area (Å²) in [6.07, 6.45) is 7.83. The molecule has 4 bridgehead atoms.